The molecule has 0 spiro atoms. The molecular weight excluding hydrogens is 377 g/mol. The van der Waals surface area contributed by atoms with Gasteiger partial charge in [0.05, 0.1) is 6.21 Å². The van der Waals surface area contributed by atoms with Gasteiger partial charge in [0.15, 0.2) is 0 Å². The van der Waals surface area contributed by atoms with Gasteiger partial charge in [0.2, 0.25) is 6.61 Å². The molecule has 0 amide bonds. The van der Waals surface area contributed by atoms with Crippen LogP contribution in [0.3, 0.4) is 0 Å². The van der Waals surface area contributed by atoms with Gasteiger partial charge in [-0.3, -0.25) is 0 Å². The van der Waals surface area contributed by atoms with Crippen molar-refractivity contribution in [1.82, 2.24) is 0 Å². The first-order valence-electron chi connectivity index (χ1n) is 3.92. The average Bonchev–Trinajstić information content (AvgIpc) is 2.15. The van der Waals surface area contributed by atoms with E-state index in [1.54, 1.807) is 0 Å². The number of hydrogen-bond acceptors (Lipinski definition) is 3. The Balaban J connectivity index is 2.67. The van der Waals surface area contributed by atoms with Crippen LogP contribution in [0.2, 0.25) is 0 Å². The van der Waals surface area contributed by atoms with Crippen LogP contribution in [0.5, 0.6) is 0 Å². The summed E-state index contributed by atoms with van der Waals surface area (Å²) in [6.45, 7) is -0.433. The molecule has 0 saturated carbocycles. The van der Waals surface area contributed by atoms with Crippen LogP contribution < -0.4 is 0 Å². The summed E-state index contributed by atoms with van der Waals surface area (Å²) in [4.78, 5) is 14.7. The third-order valence-corrected chi connectivity index (χ3v) is 3.08. The zero-order chi connectivity index (χ0) is 11.3. The fourth-order valence-electron chi connectivity index (χ4n) is 0.817. The van der Waals surface area contributed by atoms with Crippen LogP contribution in [-0.2, 0) is 9.63 Å². The monoisotopic (exact) mass is 383 g/mol. The fourth-order valence-corrected chi connectivity index (χ4v) is 2.29. The number of oxime groups is 1. The molecule has 6 heteroatoms. The fraction of sp³-hybridized carbons (Fsp3) is 0.111. The lowest BCUT2D eigenvalue weighted by Gasteiger charge is -2.00. The highest BCUT2D eigenvalue weighted by Crippen LogP contribution is 2.20. The summed E-state index contributed by atoms with van der Waals surface area (Å²) < 4.78 is 1.89. The molecule has 0 fully saturated rings. The minimum atomic E-state index is -1.05. The van der Waals surface area contributed by atoms with Gasteiger partial charge in [0.1, 0.15) is 0 Å². The lowest BCUT2D eigenvalue weighted by molar-refractivity contribution is -0.142. The van der Waals surface area contributed by atoms with Crippen LogP contribution in [-0.4, -0.2) is 23.9 Å². The number of carbonyl (C=O) groups is 1. The molecule has 1 rings (SSSR count). The van der Waals surface area contributed by atoms with E-state index in [4.69, 9.17) is 5.11 Å². The molecule has 15 heavy (non-hydrogen) atoms. The van der Waals surface area contributed by atoms with Crippen molar-refractivity contribution in [2.45, 2.75) is 0 Å². The Kier molecular flexibility index (Phi) is 5.03. The molecule has 0 unspecified atom stereocenters. The van der Waals surface area contributed by atoms with Crippen molar-refractivity contribution < 1.29 is 14.7 Å². The molecule has 0 aliphatic heterocycles. The first kappa shape index (κ1) is 12.4. The Morgan fingerprint density at radius 1 is 1.67 bits per heavy atom. The van der Waals surface area contributed by atoms with E-state index in [2.05, 4.69) is 48.5 Å². The molecular formula is C9H7BrINO3. The van der Waals surface area contributed by atoms with Crippen molar-refractivity contribution in [2.24, 2.45) is 5.16 Å². The molecule has 4 nitrogen and oxygen atoms in total. The smallest absolute Gasteiger partial charge is 0.344 e. The van der Waals surface area contributed by atoms with Gasteiger partial charge in [0, 0.05) is 13.6 Å². The molecule has 0 bridgehead atoms. The first-order valence-corrected chi connectivity index (χ1v) is 5.79. The van der Waals surface area contributed by atoms with Crippen LogP contribution in [0.25, 0.3) is 0 Å². The van der Waals surface area contributed by atoms with Crippen molar-refractivity contribution in [3.8, 4) is 0 Å². The van der Waals surface area contributed by atoms with E-state index >= 15 is 0 Å². The molecule has 1 N–H and O–H groups in total. The predicted molar refractivity (Wildman–Crippen MR) is 68.0 cm³/mol. The summed E-state index contributed by atoms with van der Waals surface area (Å²) in [5.41, 5.74) is 0.864. The van der Waals surface area contributed by atoms with Gasteiger partial charge in [0.25, 0.3) is 0 Å². The van der Waals surface area contributed by atoms with E-state index in [-0.39, 0.29) is 0 Å². The summed E-state index contributed by atoms with van der Waals surface area (Å²) in [5.74, 6) is -1.05. The van der Waals surface area contributed by atoms with E-state index in [1.165, 1.54) is 6.21 Å². The lowest BCUT2D eigenvalue weighted by atomic mass is 10.2. The van der Waals surface area contributed by atoms with Crippen molar-refractivity contribution >= 4 is 50.7 Å². The van der Waals surface area contributed by atoms with Crippen molar-refractivity contribution in [2.75, 3.05) is 6.61 Å². The highest BCUT2D eigenvalue weighted by atomic mass is 127. The van der Waals surface area contributed by atoms with Crippen LogP contribution in [0.15, 0.2) is 27.8 Å². The Morgan fingerprint density at radius 3 is 3.00 bits per heavy atom. The molecule has 0 aliphatic rings. The number of nitrogens with zero attached hydrogens (tertiary/aromatic N) is 1. The maximum atomic E-state index is 10.1. The highest BCUT2D eigenvalue weighted by molar-refractivity contribution is 14.1. The number of hydrogen-bond donors (Lipinski definition) is 1. The van der Waals surface area contributed by atoms with Crippen molar-refractivity contribution in [1.29, 1.82) is 0 Å². The van der Waals surface area contributed by atoms with E-state index in [9.17, 15) is 4.79 Å². The summed E-state index contributed by atoms with van der Waals surface area (Å²) in [5, 5.41) is 11.9. The molecule has 0 aliphatic carbocycles. The van der Waals surface area contributed by atoms with Gasteiger partial charge in [-0.15, -0.1) is 0 Å². The van der Waals surface area contributed by atoms with Crippen molar-refractivity contribution in [3.05, 3.63) is 31.8 Å². The second-order valence-corrected chi connectivity index (χ2v) is 4.55. The van der Waals surface area contributed by atoms with Crippen molar-refractivity contribution in [3.63, 3.8) is 0 Å². The van der Waals surface area contributed by atoms with E-state index in [0.717, 1.165) is 13.6 Å². The largest absolute Gasteiger partial charge is 0.479 e. The molecule has 0 aromatic heterocycles. The first-order chi connectivity index (χ1) is 7.11. The topological polar surface area (TPSA) is 58.9 Å². The average molecular weight is 384 g/mol. The predicted octanol–water partition coefficient (Wildman–Crippen LogP) is 2.49. The highest BCUT2D eigenvalue weighted by Gasteiger charge is 2.01. The van der Waals surface area contributed by atoms with Gasteiger partial charge in [-0.1, -0.05) is 27.2 Å². The number of aliphatic carboxylic acids is 1. The number of benzene rings is 1. The Hall–Kier alpha value is -0.630. The third kappa shape index (κ3) is 4.17. The second-order valence-electron chi connectivity index (χ2n) is 2.54. The number of rotatable bonds is 4. The Bertz CT molecular complexity index is 375. The molecule has 0 radical (unpaired) electrons. The van der Waals surface area contributed by atoms with Gasteiger partial charge < -0.3 is 9.94 Å². The zero-order valence-electron chi connectivity index (χ0n) is 7.48. The minimum absolute atomic E-state index is 0.433. The lowest BCUT2D eigenvalue weighted by Crippen LogP contribution is -2.03. The van der Waals surface area contributed by atoms with Crippen LogP contribution in [0, 0.1) is 3.57 Å². The Labute approximate surface area is 109 Å². The Morgan fingerprint density at radius 2 is 2.40 bits per heavy atom. The quantitative estimate of drug-likeness (QED) is 0.493. The zero-order valence-corrected chi connectivity index (χ0v) is 11.2. The number of halogens is 2. The normalized spacial score (nSPS) is 10.5. The number of carboxylic acid groups (broad SMARTS) is 1. The van der Waals surface area contributed by atoms with Crippen LogP contribution in [0.1, 0.15) is 5.56 Å². The maximum Gasteiger partial charge on any atom is 0.344 e. The third-order valence-electron chi connectivity index (χ3n) is 1.44. The minimum Gasteiger partial charge on any atom is -0.479 e. The molecule has 0 atom stereocenters. The molecule has 0 saturated heterocycles. The SMILES string of the molecule is O=C(O)CO/N=C/c1c(Br)cccc1I. The molecule has 0 heterocycles. The molecule has 1 aromatic rings. The van der Waals surface area contributed by atoms with Gasteiger partial charge in [-0.25, -0.2) is 4.79 Å². The summed E-state index contributed by atoms with van der Waals surface area (Å²) >= 11 is 5.52. The van der Waals surface area contributed by atoms with E-state index < -0.39 is 12.6 Å². The molecule has 80 valence electrons. The maximum absolute atomic E-state index is 10.1. The van der Waals surface area contributed by atoms with Gasteiger partial charge in [-0.2, -0.15) is 0 Å². The summed E-state index contributed by atoms with van der Waals surface area (Å²) in [6.07, 6.45) is 1.48. The van der Waals surface area contributed by atoms with Gasteiger partial charge in [-0.05, 0) is 34.7 Å². The van der Waals surface area contributed by atoms with Crippen LogP contribution in [0.4, 0.5) is 0 Å². The summed E-state index contributed by atoms with van der Waals surface area (Å²) in [6, 6.07) is 5.70. The second kappa shape index (κ2) is 6.06. The van der Waals surface area contributed by atoms with Crippen LogP contribution >= 0.6 is 38.5 Å². The van der Waals surface area contributed by atoms with Gasteiger partial charge >= 0.3 is 5.97 Å². The van der Waals surface area contributed by atoms with E-state index in [1.807, 2.05) is 18.2 Å². The standard InChI is InChI=1S/C9H7BrINO3/c10-7-2-1-3-8(11)6(7)4-12-15-5-9(13)14/h1-4H,5H2,(H,13,14)/b12-4+. The number of carboxylic acids is 1. The summed E-state index contributed by atoms with van der Waals surface area (Å²) in [7, 11) is 0. The molecule has 1 aromatic carbocycles. The van der Waals surface area contributed by atoms with E-state index in [0.29, 0.717) is 0 Å².